The van der Waals surface area contributed by atoms with E-state index in [2.05, 4.69) is 0 Å². The number of rotatable bonds is 7. The van der Waals surface area contributed by atoms with Crippen molar-refractivity contribution < 1.29 is 18.9 Å². The molecule has 0 unspecified atom stereocenters. The first-order valence-corrected chi connectivity index (χ1v) is 6.68. The molecular weight excluding hydrogens is 268 g/mol. The first-order valence-electron chi connectivity index (χ1n) is 6.68. The molecule has 0 heterocycles. The quantitative estimate of drug-likeness (QED) is 0.730. The van der Waals surface area contributed by atoms with E-state index in [0.29, 0.717) is 18.1 Å². The van der Waals surface area contributed by atoms with E-state index in [1.807, 2.05) is 48.5 Å². The molecule has 2 aromatic rings. The van der Waals surface area contributed by atoms with Crippen LogP contribution in [0.5, 0.6) is 11.5 Å². The topological polar surface area (TPSA) is 36.9 Å². The Morgan fingerprint density at radius 1 is 0.857 bits per heavy atom. The lowest BCUT2D eigenvalue weighted by Gasteiger charge is -2.17. The molecule has 2 aromatic carbocycles. The SMILES string of the molecule is COc1ccc(C(OC)OC)cc1OCc1ccccc1. The Labute approximate surface area is 125 Å². The van der Waals surface area contributed by atoms with Crippen molar-refractivity contribution in [3.8, 4) is 11.5 Å². The number of benzene rings is 2. The summed E-state index contributed by atoms with van der Waals surface area (Å²) in [5.41, 5.74) is 1.98. The minimum absolute atomic E-state index is 0.421. The van der Waals surface area contributed by atoms with E-state index in [9.17, 15) is 0 Å². The molecule has 0 atom stereocenters. The van der Waals surface area contributed by atoms with Crippen LogP contribution in [0, 0.1) is 0 Å². The van der Waals surface area contributed by atoms with E-state index in [-0.39, 0.29) is 0 Å². The molecule has 0 saturated carbocycles. The zero-order chi connectivity index (χ0) is 15.1. The molecule has 0 aliphatic heterocycles. The monoisotopic (exact) mass is 288 g/mol. The van der Waals surface area contributed by atoms with Gasteiger partial charge in [-0.05, 0) is 17.7 Å². The first kappa shape index (κ1) is 15.4. The van der Waals surface area contributed by atoms with Crippen LogP contribution < -0.4 is 9.47 Å². The van der Waals surface area contributed by atoms with Gasteiger partial charge in [0.2, 0.25) is 0 Å². The third-order valence-electron chi connectivity index (χ3n) is 3.13. The lowest BCUT2D eigenvalue weighted by molar-refractivity contribution is -0.106. The Morgan fingerprint density at radius 2 is 1.57 bits per heavy atom. The molecule has 0 aliphatic carbocycles. The Morgan fingerprint density at radius 3 is 2.19 bits per heavy atom. The maximum Gasteiger partial charge on any atom is 0.183 e. The molecule has 0 fully saturated rings. The summed E-state index contributed by atoms with van der Waals surface area (Å²) in [6, 6.07) is 15.6. The van der Waals surface area contributed by atoms with Crippen LogP contribution in [0.15, 0.2) is 48.5 Å². The molecular formula is C17H20O4. The molecule has 0 saturated heterocycles. The minimum atomic E-state index is -0.421. The standard InChI is InChI=1S/C17H20O4/c1-18-15-10-9-14(17(19-2)20-3)11-16(15)21-12-13-7-5-4-6-8-13/h4-11,17H,12H2,1-3H3. The van der Waals surface area contributed by atoms with Crippen LogP contribution in [0.2, 0.25) is 0 Å². The molecule has 0 spiro atoms. The first-order chi connectivity index (χ1) is 10.3. The van der Waals surface area contributed by atoms with Crippen molar-refractivity contribution in [1.29, 1.82) is 0 Å². The van der Waals surface area contributed by atoms with Gasteiger partial charge in [0.15, 0.2) is 17.8 Å². The lowest BCUT2D eigenvalue weighted by Crippen LogP contribution is -2.05. The van der Waals surface area contributed by atoms with Crippen LogP contribution in [-0.2, 0) is 16.1 Å². The zero-order valence-electron chi connectivity index (χ0n) is 12.5. The van der Waals surface area contributed by atoms with Crippen LogP contribution in [0.4, 0.5) is 0 Å². The Balaban J connectivity index is 2.17. The highest BCUT2D eigenvalue weighted by molar-refractivity contribution is 5.43. The van der Waals surface area contributed by atoms with Gasteiger partial charge in [0, 0.05) is 19.8 Å². The van der Waals surface area contributed by atoms with E-state index in [1.165, 1.54) is 0 Å². The second kappa shape index (κ2) is 7.67. The van der Waals surface area contributed by atoms with E-state index < -0.39 is 6.29 Å². The van der Waals surface area contributed by atoms with Crippen LogP contribution >= 0.6 is 0 Å². The van der Waals surface area contributed by atoms with Gasteiger partial charge in [0.25, 0.3) is 0 Å². The Bertz CT molecular complexity index is 550. The summed E-state index contributed by atoms with van der Waals surface area (Å²) in [5, 5.41) is 0. The number of hydrogen-bond acceptors (Lipinski definition) is 4. The highest BCUT2D eigenvalue weighted by atomic mass is 16.7. The summed E-state index contributed by atoms with van der Waals surface area (Å²) in [4.78, 5) is 0. The molecule has 2 rings (SSSR count). The molecule has 4 nitrogen and oxygen atoms in total. The normalized spacial score (nSPS) is 10.7. The average molecular weight is 288 g/mol. The number of ether oxygens (including phenoxy) is 4. The zero-order valence-corrected chi connectivity index (χ0v) is 12.5. The van der Waals surface area contributed by atoms with E-state index in [4.69, 9.17) is 18.9 Å². The summed E-state index contributed by atoms with van der Waals surface area (Å²) < 4.78 is 21.7. The van der Waals surface area contributed by atoms with Crippen LogP contribution in [0.1, 0.15) is 17.4 Å². The van der Waals surface area contributed by atoms with Crippen LogP contribution in [-0.4, -0.2) is 21.3 Å². The van der Waals surface area contributed by atoms with Crippen LogP contribution in [0.25, 0.3) is 0 Å². The minimum Gasteiger partial charge on any atom is -0.493 e. The fraction of sp³-hybridized carbons (Fsp3) is 0.294. The van der Waals surface area contributed by atoms with Gasteiger partial charge in [0.05, 0.1) is 7.11 Å². The van der Waals surface area contributed by atoms with Gasteiger partial charge < -0.3 is 18.9 Å². The predicted molar refractivity (Wildman–Crippen MR) is 80.5 cm³/mol. The Hall–Kier alpha value is -2.04. The van der Waals surface area contributed by atoms with Gasteiger partial charge in [-0.2, -0.15) is 0 Å². The molecule has 4 heteroatoms. The van der Waals surface area contributed by atoms with E-state index >= 15 is 0 Å². The molecule has 0 aliphatic rings. The largest absolute Gasteiger partial charge is 0.493 e. The van der Waals surface area contributed by atoms with Gasteiger partial charge in [-0.15, -0.1) is 0 Å². The van der Waals surface area contributed by atoms with Gasteiger partial charge in [-0.1, -0.05) is 36.4 Å². The molecule has 0 bridgehead atoms. The van der Waals surface area contributed by atoms with Gasteiger partial charge in [-0.25, -0.2) is 0 Å². The molecule has 0 aromatic heterocycles. The maximum absolute atomic E-state index is 5.86. The second-order valence-electron chi connectivity index (χ2n) is 4.49. The lowest BCUT2D eigenvalue weighted by atomic mass is 10.2. The fourth-order valence-electron chi connectivity index (χ4n) is 2.06. The van der Waals surface area contributed by atoms with Crippen molar-refractivity contribution in [1.82, 2.24) is 0 Å². The Kier molecular flexibility index (Phi) is 5.60. The van der Waals surface area contributed by atoms with Crippen molar-refractivity contribution in [2.45, 2.75) is 12.9 Å². The van der Waals surface area contributed by atoms with Crippen molar-refractivity contribution in [2.75, 3.05) is 21.3 Å². The smallest absolute Gasteiger partial charge is 0.183 e. The van der Waals surface area contributed by atoms with Gasteiger partial charge in [0.1, 0.15) is 6.61 Å². The van der Waals surface area contributed by atoms with Crippen molar-refractivity contribution >= 4 is 0 Å². The summed E-state index contributed by atoms with van der Waals surface area (Å²) in [6.07, 6.45) is -0.421. The van der Waals surface area contributed by atoms with Gasteiger partial charge >= 0.3 is 0 Å². The molecule has 112 valence electrons. The summed E-state index contributed by atoms with van der Waals surface area (Å²) in [5.74, 6) is 1.35. The summed E-state index contributed by atoms with van der Waals surface area (Å²) in [7, 11) is 4.82. The maximum atomic E-state index is 5.86. The summed E-state index contributed by atoms with van der Waals surface area (Å²) >= 11 is 0. The van der Waals surface area contributed by atoms with E-state index in [0.717, 1.165) is 11.1 Å². The fourth-order valence-corrected chi connectivity index (χ4v) is 2.06. The highest BCUT2D eigenvalue weighted by Gasteiger charge is 2.13. The highest BCUT2D eigenvalue weighted by Crippen LogP contribution is 2.32. The van der Waals surface area contributed by atoms with Crippen molar-refractivity contribution in [3.05, 3.63) is 59.7 Å². The molecule has 21 heavy (non-hydrogen) atoms. The van der Waals surface area contributed by atoms with Crippen molar-refractivity contribution in [2.24, 2.45) is 0 Å². The average Bonchev–Trinajstić information content (AvgIpc) is 2.55. The second-order valence-corrected chi connectivity index (χ2v) is 4.49. The predicted octanol–water partition coefficient (Wildman–Crippen LogP) is 3.57. The van der Waals surface area contributed by atoms with E-state index in [1.54, 1.807) is 21.3 Å². The number of hydrogen-bond donors (Lipinski definition) is 0. The third kappa shape index (κ3) is 3.97. The number of methoxy groups -OCH3 is 3. The molecule has 0 radical (unpaired) electrons. The summed E-state index contributed by atoms with van der Waals surface area (Å²) in [6.45, 7) is 0.477. The third-order valence-corrected chi connectivity index (χ3v) is 3.13. The van der Waals surface area contributed by atoms with Crippen LogP contribution in [0.3, 0.4) is 0 Å². The van der Waals surface area contributed by atoms with Crippen molar-refractivity contribution in [3.63, 3.8) is 0 Å². The molecule has 0 amide bonds. The van der Waals surface area contributed by atoms with Gasteiger partial charge in [-0.3, -0.25) is 0 Å². The molecule has 0 N–H and O–H groups in total.